The van der Waals surface area contributed by atoms with Crippen LogP contribution >= 0.6 is 31.9 Å². The summed E-state index contributed by atoms with van der Waals surface area (Å²) in [6.07, 6.45) is 3.02. The number of hydrogen-bond donors (Lipinski definition) is 6. The Balaban J connectivity index is 2.37. The molecule has 2 unspecified atom stereocenters. The van der Waals surface area contributed by atoms with Crippen LogP contribution in [0, 0.1) is 0 Å². The summed E-state index contributed by atoms with van der Waals surface area (Å²) in [7, 11) is 0. The van der Waals surface area contributed by atoms with Crippen molar-refractivity contribution in [1.82, 2.24) is 16.0 Å². The van der Waals surface area contributed by atoms with Crippen molar-refractivity contribution in [3.05, 3.63) is 22.2 Å². The number of amides is 2. The third-order valence-corrected chi connectivity index (χ3v) is 5.61. The molecule has 1 aliphatic carbocycles. The molecule has 1 aliphatic rings. The van der Waals surface area contributed by atoms with Gasteiger partial charge in [0.2, 0.25) is 11.8 Å². The smallest absolute Gasteiger partial charge is 0.242 e. The predicted molar refractivity (Wildman–Crippen MR) is 114 cm³/mol. The number of allylic oxidation sites excluding steroid dienone is 2. The van der Waals surface area contributed by atoms with Crippen molar-refractivity contribution in [2.24, 2.45) is 0 Å². The molecule has 0 saturated carbocycles. The lowest BCUT2D eigenvalue weighted by Gasteiger charge is -2.25. The zero-order chi connectivity index (χ0) is 21.3. The van der Waals surface area contributed by atoms with Crippen LogP contribution in [0.5, 0.6) is 0 Å². The Bertz CT molecular complexity index is 598. The average molecular weight is 527 g/mol. The highest BCUT2D eigenvalue weighted by atomic mass is 79.9. The second-order valence-electron chi connectivity index (χ2n) is 6.81. The molecule has 1 rings (SSSR count). The molecular formula is C18H29Br2N3O5. The third kappa shape index (κ3) is 9.15. The SMILES string of the molecule is C[C@H](NC(=O)CCCCC(O)O)C(=O)N[C@@H](C)C(O)NC1C=C(CBr)C=C1Br. The van der Waals surface area contributed by atoms with Gasteiger partial charge in [-0.3, -0.25) is 14.9 Å². The van der Waals surface area contributed by atoms with Crippen LogP contribution in [0.1, 0.15) is 39.5 Å². The topological polar surface area (TPSA) is 131 Å². The molecule has 28 heavy (non-hydrogen) atoms. The molecule has 2 amide bonds. The number of halogens is 2. The summed E-state index contributed by atoms with van der Waals surface area (Å²) in [4.78, 5) is 24.1. The molecule has 0 aromatic rings. The lowest BCUT2D eigenvalue weighted by atomic mass is 10.1. The van der Waals surface area contributed by atoms with Gasteiger partial charge in [0, 0.05) is 16.2 Å². The van der Waals surface area contributed by atoms with E-state index in [1.807, 2.05) is 12.2 Å². The van der Waals surface area contributed by atoms with Crippen LogP contribution in [0.2, 0.25) is 0 Å². The highest BCUT2D eigenvalue weighted by Crippen LogP contribution is 2.24. The summed E-state index contributed by atoms with van der Waals surface area (Å²) in [6.45, 7) is 3.24. The molecule has 6 N–H and O–H groups in total. The van der Waals surface area contributed by atoms with Crippen LogP contribution in [-0.4, -0.2) is 63.1 Å². The second kappa shape index (κ2) is 12.7. The van der Waals surface area contributed by atoms with Crippen molar-refractivity contribution in [2.75, 3.05) is 5.33 Å². The Morgan fingerprint density at radius 3 is 2.43 bits per heavy atom. The molecule has 4 atom stereocenters. The van der Waals surface area contributed by atoms with Gasteiger partial charge in [0.15, 0.2) is 6.29 Å². The van der Waals surface area contributed by atoms with Gasteiger partial charge in [-0.15, -0.1) is 0 Å². The minimum absolute atomic E-state index is 0.170. The lowest BCUT2D eigenvalue weighted by molar-refractivity contribution is -0.129. The minimum Gasteiger partial charge on any atom is -0.376 e. The molecule has 8 nitrogen and oxygen atoms in total. The summed E-state index contributed by atoms with van der Waals surface area (Å²) in [6, 6.07) is -1.49. The van der Waals surface area contributed by atoms with Gasteiger partial charge in [-0.1, -0.05) is 37.9 Å². The lowest BCUT2D eigenvalue weighted by Crippen LogP contribution is -2.54. The minimum atomic E-state index is -1.36. The van der Waals surface area contributed by atoms with Gasteiger partial charge < -0.3 is 26.0 Å². The molecule has 0 aromatic heterocycles. The Morgan fingerprint density at radius 1 is 1.18 bits per heavy atom. The first-order valence-electron chi connectivity index (χ1n) is 9.17. The normalized spacial score (nSPS) is 19.6. The number of unbranched alkanes of at least 4 members (excludes halogenated alkanes) is 1. The summed E-state index contributed by atoms with van der Waals surface area (Å²) in [5, 5.41) is 36.8. The second-order valence-corrected chi connectivity index (χ2v) is 8.28. The molecule has 0 saturated heterocycles. The summed E-state index contributed by atoms with van der Waals surface area (Å²) < 4.78 is 0.897. The van der Waals surface area contributed by atoms with Crippen molar-refractivity contribution in [1.29, 1.82) is 0 Å². The molecule has 0 aliphatic heterocycles. The molecule has 0 heterocycles. The largest absolute Gasteiger partial charge is 0.376 e. The molecule has 0 bridgehead atoms. The highest BCUT2D eigenvalue weighted by molar-refractivity contribution is 9.11. The first-order valence-corrected chi connectivity index (χ1v) is 11.1. The zero-order valence-electron chi connectivity index (χ0n) is 16.0. The van der Waals surface area contributed by atoms with E-state index in [-0.39, 0.29) is 24.8 Å². The molecule has 10 heteroatoms. The molecule has 160 valence electrons. The maximum Gasteiger partial charge on any atom is 0.242 e. The predicted octanol–water partition coefficient (Wildman–Crippen LogP) is 0.757. The van der Waals surface area contributed by atoms with Crippen LogP contribution < -0.4 is 16.0 Å². The van der Waals surface area contributed by atoms with E-state index in [2.05, 4.69) is 47.8 Å². The number of carbonyl (C=O) groups excluding carboxylic acids is 2. The van der Waals surface area contributed by atoms with Crippen LogP contribution in [-0.2, 0) is 9.59 Å². The number of hydrogen-bond acceptors (Lipinski definition) is 6. The van der Waals surface area contributed by atoms with Gasteiger partial charge >= 0.3 is 0 Å². The number of rotatable bonds is 12. The van der Waals surface area contributed by atoms with E-state index < -0.39 is 30.5 Å². The summed E-state index contributed by atoms with van der Waals surface area (Å²) in [5.41, 5.74) is 1.08. The fourth-order valence-corrected chi connectivity index (χ4v) is 3.47. The first kappa shape index (κ1) is 25.3. The van der Waals surface area contributed by atoms with Crippen molar-refractivity contribution in [3.63, 3.8) is 0 Å². The van der Waals surface area contributed by atoms with E-state index in [4.69, 9.17) is 10.2 Å². The molecule has 0 radical (unpaired) electrons. The number of alkyl halides is 1. The van der Waals surface area contributed by atoms with E-state index in [0.717, 1.165) is 10.1 Å². The third-order valence-electron chi connectivity index (χ3n) is 4.24. The van der Waals surface area contributed by atoms with Gasteiger partial charge in [-0.05, 0) is 44.8 Å². The van der Waals surface area contributed by atoms with Crippen molar-refractivity contribution >= 4 is 43.7 Å². The molecule has 0 fully saturated rings. The Hall–Kier alpha value is -0.780. The Morgan fingerprint density at radius 2 is 1.86 bits per heavy atom. The van der Waals surface area contributed by atoms with E-state index in [1.54, 1.807) is 13.8 Å². The van der Waals surface area contributed by atoms with E-state index in [9.17, 15) is 14.7 Å². The van der Waals surface area contributed by atoms with Crippen LogP contribution in [0.4, 0.5) is 0 Å². The maximum atomic E-state index is 12.2. The van der Waals surface area contributed by atoms with Crippen molar-refractivity contribution in [3.8, 4) is 0 Å². The number of aliphatic hydroxyl groups excluding tert-OH is 2. The monoisotopic (exact) mass is 525 g/mol. The van der Waals surface area contributed by atoms with Gasteiger partial charge in [-0.2, -0.15) is 0 Å². The molecular weight excluding hydrogens is 498 g/mol. The molecule has 0 spiro atoms. The fourth-order valence-electron chi connectivity index (χ4n) is 2.57. The standard InChI is InChI=1S/C18H29Br2N3O5/c1-10(21-15(24)5-3-4-6-16(25)26)17(27)22-11(2)18(28)23-14-8-12(9-19)7-13(14)20/h7-8,10-11,14,16,18,23,25-26,28H,3-6,9H2,1-2H3,(H,21,24)(H,22,27)/t10-,11-,14?,18?/m0/s1. The fraction of sp³-hybridized carbons (Fsp3) is 0.667. The molecule has 0 aromatic carbocycles. The highest BCUT2D eigenvalue weighted by Gasteiger charge is 2.25. The first-order chi connectivity index (χ1) is 13.1. The van der Waals surface area contributed by atoms with Crippen molar-refractivity contribution in [2.45, 2.75) is 70.2 Å². The van der Waals surface area contributed by atoms with Gasteiger partial charge in [0.05, 0.1) is 12.1 Å². The number of carbonyl (C=O) groups is 2. The van der Waals surface area contributed by atoms with Crippen LogP contribution in [0.3, 0.4) is 0 Å². The average Bonchev–Trinajstić information content (AvgIpc) is 2.98. The van der Waals surface area contributed by atoms with Gasteiger partial charge in [0.25, 0.3) is 0 Å². The van der Waals surface area contributed by atoms with Crippen LogP contribution in [0.15, 0.2) is 22.2 Å². The van der Waals surface area contributed by atoms with Crippen LogP contribution in [0.25, 0.3) is 0 Å². The maximum absolute atomic E-state index is 12.2. The van der Waals surface area contributed by atoms with Gasteiger partial charge in [-0.25, -0.2) is 0 Å². The summed E-state index contributed by atoms with van der Waals surface area (Å²) in [5.74, 6) is -0.681. The van der Waals surface area contributed by atoms with E-state index >= 15 is 0 Å². The van der Waals surface area contributed by atoms with Crippen molar-refractivity contribution < 1.29 is 24.9 Å². The Kier molecular flexibility index (Phi) is 11.5. The van der Waals surface area contributed by atoms with E-state index in [1.165, 1.54) is 0 Å². The quantitative estimate of drug-likeness (QED) is 0.126. The number of nitrogens with one attached hydrogen (secondary N) is 3. The zero-order valence-corrected chi connectivity index (χ0v) is 19.2. The number of aliphatic hydroxyl groups is 3. The van der Waals surface area contributed by atoms with E-state index in [0.29, 0.717) is 18.2 Å². The van der Waals surface area contributed by atoms with Gasteiger partial charge in [0.1, 0.15) is 12.3 Å². The summed E-state index contributed by atoms with van der Waals surface area (Å²) >= 11 is 6.83. The Labute approximate surface area is 182 Å².